The maximum atomic E-state index is 5.20. The summed E-state index contributed by atoms with van der Waals surface area (Å²) in [4.78, 5) is 10.3. The van der Waals surface area contributed by atoms with E-state index in [1.165, 1.54) is 60.7 Å². The molecule has 0 saturated heterocycles. The lowest BCUT2D eigenvalue weighted by atomic mass is 9.81. The van der Waals surface area contributed by atoms with Crippen molar-refractivity contribution in [2.75, 3.05) is 0 Å². The topological polar surface area (TPSA) is 25.8 Å². The zero-order valence-electron chi connectivity index (χ0n) is 29.7. The van der Waals surface area contributed by atoms with Gasteiger partial charge in [0.1, 0.15) is 0 Å². The van der Waals surface area contributed by atoms with Crippen molar-refractivity contribution in [3.8, 4) is 67.3 Å². The molecule has 2 heteroatoms. The summed E-state index contributed by atoms with van der Waals surface area (Å²) < 4.78 is 0. The van der Waals surface area contributed by atoms with Crippen LogP contribution in [0.3, 0.4) is 0 Å². The fraction of sp³-hybridized carbons (Fsp3) is 0.0588. The largest absolute Gasteiger partial charge is 0.228 e. The van der Waals surface area contributed by atoms with Crippen molar-refractivity contribution in [3.05, 3.63) is 193 Å². The van der Waals surface area contributed by atoms with E-state index in [0.717, 1.165) is 39.3 Å². The van der Waals surface area contributed by atoms with Gasteiger partial charge in [-0.05, 0) is 84.3 Å². The third-order valence-corrected chi connectivity index (χ3v) is 11.1. The average Bonchev–Trinajstić information content (AvgIpc) is 3.45. The second-order valence-electron chi connectivity index (χ2n) is 14.5. The monoisotopic (exact) mass is 676 g/mol. The van der Waals surface area contributed by atoms with E-state index in [2.05, 4.69) is 172 Å². The summed E-state index contributed by atoms with van der Waals surface area (Å²) in [7, 11) is 0. The number of nitrogens with zero attached hydrogens (tertiary/aromatic N) is 2. The Bertz CT molecular complexity index is 2790. The van der Waals surface area contributed by atoms with E-state index in [-0.39, 0.29) is 5.41 Å². The fourth-order valence-corrected chi connectivity index (χ4v) is 8.47. The van der Waals surface area contributed by atoms with Crippen LogP contribution >= 0.6 is 0 Å². The molecule has 53 heavy (non-hydrogen) atoms. The van der Waals surface area contributed by atoms with Crippen LogP contribution < -0.4 is 0 Å². The van der Waals surface area contributed by atoms with E-state index < -0.39 is 0 Å². The van der Waals surface area contributed by atoms with Crippen LogP contribution in [-0.2, 0) is 5.41 Å². The van der Waals surface area contributed by atoms with E-state index >= 15 is 0 Å². The molecule has 0 unspecified atom stereocenters. The molecule has 0 N–H and O–H groups in total. The molecule has 0 saturated carbocycles. The number of aromatic nitrogens is 2. The van der Waals surface area contributed by atoms with Gasteiger partial charge in [0.25, 0.3) is 0 Å². The summed E-state index contributed by atoms with van der Waals surface area (Å²) in [6.07, 6.45) is 0. The Balaban J connectivity index is 1.17. The third kappa shape index (κ3) is 5.10. The van der Waals surface area contributed by atoms with Crippen molar-refractivity contribution in [1.29, 1.82) is 0 Å². The Hall–Kier alpha value is -6.64. The van der Waals surface area contributed by atoms with Crippen LogP contribution in [0.4, 0.5) is 0 Å². The lowest BCUT2D eigenvalue weighted by Gasteiger charge is -2.22. The molecule has 1 aliphatic carbocycles. The zero-order chi connectivity index (χ0) is 35.5. The first-order chi connectivity index (χ1) is 26.0. The summed E-state index contributed by atoms with van der Waals surface area (Å²) in [5.41, 5.74) is 15.2. The number of benzene rings is 8. The Labute approximate surface area is 310 Å². The first-order valence-electron chi connectivity index (χ1n) is 18.3. The zero-order valence-corrected chi connectivity index (χ0v) is 29.7. The highest BCUT2D eigenvalue weighted by molar-refractivity contribution is 6.08. The van der Waals surface area contributed by atoms with Crippen molar-refractivity contribution in [2.45, 2.75) is 19.3 Å². The molecule has 250 valence electrons. The van der Waals surface area contributed by atoms with Gasteiger partial charge in [-0.2, -0.15) is 0 Å². The summed E-state index contributed by atoms with van der Waals surface area (Å²) >= 11 is 0. The second-order valence-corrected chi connectivity index (χ2v) is 14.5. The van der Waals surface area contributed by atoms with Gasteiger partial charge >= 0.3 is 0 Å². The van der Waals surface area contributed by atoms with Gasteiger partial charge in [0.2, 0.25) is 0 Å². The van der Waals surface area contributed by atoms with Crippen molar-refractivity contribution >= 4 is 21.5 Å². The highest BCUT2D eigenvalue weighted by Crippen LogP contribution is 2.54. The number of rotatable bonds is 5. The normalized spacial score (nSPS) is 12.9. The minimum Gasteiger partial charge on any atom is -0.228 e. The van der Waals surface area contributed by atoms with E-state index in [9.17, 15) is 0 Å². The van der Waals surface area contributed by atoms with Gasteiger partial charge in [-0.25, -0.2) is 9.97 Å². The fourth-order valence-electron chi connectivity index (χ4n) is 8.47. The molecule has 1 heterocycles. The number of hydrogen-bond donors (Lipinski definition) is 0. The van der Waals surface area contributed by atoms with Crippen LogP contribution in [0.1, 0.15) is 25.0 Å². The molecule has 10 rings (SSSR count). The first-order valence-corrected chi connectivity index (χ1v) is 18.3. The summed E-state index contributed by atoms with van der Waals surface area (Å²) in [6, 6.07) is 65.4. The Morgan fingerprint density at radius 3 is 1.64 bits per heavy atom. The Morgan fingerprint density at radius 2 is 0.906 bits per heavy atom. The van der Waals surface area contributed by atoms with Crippen molar-refractivity contribution in [2.24, 2.45) is 0 Å². The predicted molar refractivity (Wildman–Crippen MR) is 222 cm³/mol. The molecule has 1 aromatic heterocycles. The highest BCUT2D eigenvalue weighted by Gasteiger charge is 2.37. The second kappa shape index (κ2) is 12.3. The van der Waals surface area contributed by atoms with Crippen molar-refractivity contribution < 1.29 is 0 Å². The van der Waals surface area contributed by atoms with Gasteiger partial charge < -0.3 is 0 Å². The SMILES string of the molecule is CC1(C)c2cc3ccccc3cc2-c2c(-c3ccccc3-c3ccc(-c4cc(-c5ccccc5)nc(-c5ccccc5)n4)c4ccccc34)cccc21. The molecule has 1 aliphatic rings. The minimum atomic E-state index is -0.108. The molecule has 2 nitrogen and oxygen atoms in total. The van der Waals surface area contributed by atoms with Crippen LogP contribution in [0.25, 0.3) is 88.8 Å². The van der Waals surface area contributed by atoms with Gasteiger partial charge in [-0.3, -0.25) is 0 Å². The molecule has 0 atom stereocenters. The standard InChI is InChI=1S/C51H36N2/c1-51(2)45-27-15-26-43(49(45)44-30-35-20-9-10-21-36(35)31-46(44)51)40-25-14-12-23-38(40)41-28-29-42(39-24-13-11-22-37(39)41)48-32-47(33-16-5-3-6-17-33)52-50(53-48)34-18-7-4-8-19-34/h3-32H,1-2H3. The number of fused-ring (bicyclic) bond motifs is 5. The molecule has 0 fully saturated rings. The lowest BCUT2D eigenvalue weighted by molar-refractivity contribution is 0.661. The van der Waals surface area contributed by atoms with Crippen molar-refractivity contribution in [1.82, 2.24) is 9.97 Å². The summed E-state index contributed by atoms with van der Waals surface area (Å²) in [5, 5.41) is 4.91. The quantitative estimate of drug-likeness (QED) is 0.181. The van der Waals surface area contributed by atoms with Gasteiger partial charge in [-0.15, -0.1) is 0 Å². The van der Waals surface area contributed by atoms with Gasteiger partial charge in [-0.1, -0.05) is 178 Å². The van der Waals surface area contributed by atoms with Crippen LogP contribution in [0.2, 0.25) is 0 Å². The Kier molecular flexibility index (Phi) is 7.19. The molecule has 0 spiro atoms. The van der Waals surface area contributed by atoms with Gasteiger partial charge in [0.15, 0.2) is 5.82 Å². The van der Waals surface area contributed by atoms with Crippen LogP contribution in [0, 0.1) is 0 Å². The van der Waals surface area contributed by atoms with Crippen LogP contribution in [-0.4, -0.2) is 9.97 Å². The minimum absolute atomic E-state index is 0.108. The average molecular weight is 677 g/mol. The molecule has 0 bridgehead atoms. The highest BCUT2D eigenvalue weighted by atomic mass is 14.9. The van der Waals surface area contributed by atoms with Crippen molar-refractivity contribution in [3.63, 3.8) is 0 Å². The molecule has 0 radical (unpaired) electrons. The third-order valence-electron chi connectivity index (χ3n) is 11.1. The molecule has 8 aromatic carbocycles. The van der Waals surface area contributed by atoms with E-state index in [0.29, 0.717) is 0 Å². The first kappa shape index (κ1) is 31.1. The molecular formula is C51H36N2. The predicted octanol–water partition coefficient (Wildman–Crippen LogP) is 13.4. The summed E-state index contributed by atoms with van der Waals surface area (Å²) in [5.74, 6) is 0.717. The lowest BCUT2D eigenvalue weighted by Crippen LogP contribution is -2.14. The van der Waals surface area contributed by atoms with Crippen LogP contribution in [0.5, 0.6) is 0 Å². The summed E-state index contributed by atoms with van der Waals surface area (Å²) in [6.45, 7) is 4.74. The molecule has 0 aliphatic heterocycles. The maximum Gasteiger partial charge on any atom is 0.160 e. The smallest absolute Gasteiger partial charge is 0.160 e. The molecule has 0 amide bonds. The maximum absolute atomic E-state index is 5.20. The van der Waals surface area contributed by atoms with Crippen LogP contribution in [0.15, 0.2) is 182 Å². The molecular weight excluding hydrogens is 641 g/mol. The molecule has 9 aromatic rings. The number of hydrogen-bond acceptors (Lipinski definition) is 2. The van der Waals surface area contributed by atoms with Gasteiger partial charge in [0, 0.05) is 22.1 Å². The van der Waals surface area contributed by atoms with E-state index in [1.807, 2.05) is 24.3 Å². The van der Waals surface area contributed by atoms with Gasteiger partial charge in [0.05, 0.1) is 11.4 Å². The van der Waals surface area contributed by atoms with E-state index in [4.69, 9.17) is 9.97 Å². The Morgan fingerprint density at radius 1 is 0.358 bits per heavy atom. The van der Waals surface area contributed by atoms with E-state index in [1.54, 1.807) is 0 Å².